The molecule has 0 saturated carbocycles. The van der Waals surface area contributed by atoms with Crippen molar-refractivity contribution >= 4 is 10.9 Å². The van der Waals surface area contributed by atoms with Crippen molar-refractivity contribution < 1.29 is 18.3 Å². The van der Waals surface area contributed by atoms with Crippen LogP contribution < -0.4 is 0 Å². The number of nitrogens with zero attached hydrogens (tertiary/aromatic N) is 1. The van der Waals surface area contributed by atoms with E-state index in [9.17, 15) is 18.3 Å². The van der Waals surface area contributed by atoms with E-state index in [0.29, 0.717) is 22.9 Å². The first-order valence-corrected chi connectivity index (χ1v) is 10.7. The number of rotatable bonds is 4. The van der Waals surface area contributed by atoms with Gasteiger partial charge in [0.15, 0.2) is 5.60 Å². The average molecular weight is 428 g/mol. The normalized spacial score (nSPS) is 21.0. The fourth-order valence-corrected chi connectivity index (χ4v) is 5.37. The van der Waals surface area contributed by atoms with Crippen molar-refractivity contribution in [1.29, 1.82) is 0 Å². The Balaban J connectivity index is 1.78. The summed E-state index contributed by atoms with van der Waals surface area (Å²) in [6, 6.07) is 12.8. The van der Waals surface area contributed by atoms with Crippen LogP contribution in [0.1, 0.15) is 54.0 Å². The number of benzene rings is 2. The minimum absolute atomic E-state index is 0.365. The molecular formula is C26H28F3NO. The second-order valence-electron chi connectivity index (χ2n) is 9.39. The Labute approximate surface area is 181 Å². The van der Waals surface area contributed by atoms with Gasteiger partial charge in [-0.2, -0.15) is 13.2 Å². The molecule has 0 saturated heterocycles. The lowest BCUT2D eigenvalue weighted by Crippen LogP contribution is -2.52. The maximum atomic E-state index is 14.4. The summed E-state index contributed by atoms with van der Waals surface area (Å²) in [5.74, 6) is 0. The summed E-state index contributed by atoms with van der Waals surface area (Å²) in [5.41, 5.74) is 1.76. The van der Waals surface area contributed by atoms with Gasteiger partial charge in [-0.05, 0) is 79.3 Å². The number of pyridine rings is 1. The van der Waals surface area contributed by atoms with Crippen molar-refractivity contribution in [3.63, 3.8) is 0 Å². The molecule has 0 aliphatic heterocycles. The van der Waals surface area contributed by atoms with Crippen LogP contribution in [0.15, 0.2) is 48.7 Å². The molecule has 5 heteroatoms. The number of para-hydroxylation sites is 1. The van der Waals surface area contributed by atoms with Crippen LogP contribution in [0, 0.1) is 13.8 Å². The van der Waals surface area contributed by atoms with Gasteiger partial charge in [-0.25, -0.2) is 0 Å². The molecule has 2 nitrogen and oxygen atoms in total. The Morgan fingerprint density at radius 1 is 1.10 bits per heavy atom. The molecule has 3 aromatic rings. The Kier molecular flexibility index (Phi) is 5.37. The highest BCUT2D eigenvalue weighted by molar-refractivity contribution is 5.81. The molecule has 2 atom stereocenters. The number of aromatic nitrogens is 1. The molecule has 0 fully saturated rings. The number of alkyl halides is 3. The Morgan fingerprint density at radius 2 is 1.84 bits per heavy atom. The second kappa shape index (κ2) is 7.63. The van der Waals surface area contributed by atoms with Crippen LogP contribution in [-0.4, -0.2) is 21.9 Å². The number of halogens is 3. The zero-order chi connectivity index (χ0) is 22.4. The summed E-state index contributed by atoms with van der Waals surface area (Å²) in [4.78, 5) is 4.25. The highest BCUT2D eigenvalue weighted by Gasteiger charge is 2.57. The molecule has 1 aromatic heterocycles. The standard InChI is InChI=1S/C26H28F3NO/c1-17-13-18(2)20-8-6-11-24(3,22(20)14-17)16-25(31,26(27,28)29)15-19-10-12-30-23-9-5-4-7-21(19)23/h4-5,7,9-10,12-14,31H,6,8,11,15-16H2,1-3H3. The molecular weight excluding hydrogens is 399 g/mol. The molecule has 0 bridgehead atoms. The van der Waals surface area contributed by atoms with E-state index in [1.54, 1.807) is 30.3 Å². The van der Waals surface area contributed by atoms with Crippen molar-refractivity contribution in [2.75, 3.05) is 0 Å². The highest BCUT2D eigenvalue weighted by Crippen LogP contribution is 2.48. The molecule has 2 unspecified atom stereocenters. The molecule has 0 amide bonds. The molecule has 0 spiro atoms. The fourth-order valence-electron chi connectivity index (χ4n) is 5.37. The van der Waals surface area contributed by atoms with E-state index in [0.717, 1.165) is 35.1 Å². The van der Waals surface area contributed by atoms with Crippen molar-refractivity contribution in [3.05, 3.63) is 76.5 Å². The van der Waals surface area contributed by atoms with Crippen LogP contribution in [0.25, 0.3) is 10.9 Å². The summed E-state index contributed by atoms with van der Waals surface area (Å²) in [6.45, 7) is 5.88. The number of aryl methyl sites for hydroxylation is 2. The summed E-state index contributed by atoms with van der Waals surface area (Å²) < 4.78 is 43.2. The maximum Gasteiger partial charge on any atom is 0.417 e. The lowest BCUT2D eigenvalue weighted by molar-refractivity contribution is -0.267. The molecule has 4 rings (SSSR count). The largest absolute Gasteiger partial charge is 0.417 e. The van der Waals surface area contributed by atoms with E-state index in [4.69, 9.17) is 0 Å². The van der Waals surface area contributed by atoms with Crippen molar-refractivity contribution in [3.8, 4) is 0 Å². The molecule has 1 aliphatic rings. The molecule has 164 valence electrons. The topological polar surface area (TPSA) is 33.1 Å². The van der Waals surface area contributed by atoms with Gasteiger partial charge < -0.3 is 5.11 Å². The van der Waals surface area contributed by atoms with Crippen LogP contribution >= 0.6 is 0 Å². The zero-order valence-corrected chi connectivity index (χ0v) is 18.2. The Hall–Kier alpha value is -2.40. The summed E-state index contributed by atoms with van der Waals surface area (Å²) >= 11 is 0. The third kappa shape index (κ3) is 3.96. The second-order valence-corrected chi connectivity index (χ2v) is 9.39. The highest BCUT2D eigenvalue weighted by atomic mass is 19.4. The lowest BCUT2D eigenvalue weighted by atomic mass is 9.64. The first-order valence-electron chi connectivity index (χ1n) is 10.7. The van der Waals surface area contributed by atoms with E-state index in [1.165, 1.54) is 6.20 Å². The van der Waals surface area contributed by atoms with Gasteiger partial charge in [-0.1, -0.05) is 42.8 Å². The van der Waals surface area contributed by atoms with Gasteiger partial charge >= 0.3 is 6.18 Å². The van der Waals surface area contributed by atoms with Gasteiger partial charge in [0.1, 0.15) is 0 Å². The fraction of sp³-hybridized carbons (Fsp3) is 0.423. The Bertz CT molecular complexity index is 1120. The third-order valence-electron chi connectivity index (χ3n) is 6.86. The van der Waals surface area contributed by atoms with Gasteiger partial charge in [-0.15, -0.1) is 0 Å². The molecule has 1 N–H and O–H groups in total. The average Bonchev–Trinajstić information content (AvgIpc) is 2.68. The zero-order valence-electron chi connectivity index (χ0n) is 18.2. The molecule has 0 radical (unpaired) electrons. The predicted octanol–water partition coefficient (Wildman–Crippen LogP) is 6.37. The van der Waals surface area contributed by atoms with Gasteiger partial charge in [0, 0.05) is 18.0 Å². The minimum Gasteiger partial charge on any atom is -0.380 e. The first kappa shape index (κ1) is 21.8. The number of aliphatic hydroxyl groups is 1. The first-order chi connectivity index (χ1) is 14.5. The van der Waals surface area contributed by atoms with E-state index < -0.39 is 23.6 Å². The molecule has 31 heavy (non-hydrogen) atoms. The van der Waals surface area contributed by atoms with Crippen LogP contribution in [0.5, 0.6) is 0 Å². The number of hydrogen-bond donors (Lipinski definition) is 1. The van der Waals surface area contributed by atoms with Gasteiger partial charge in [0.25, 0.3) is 0 Å². The summed E-state index contributed by atoms with van der Waals surface area (Å²) in [7, 11) is 0. The summed E-state index contributed by atoms with van der Waals surface area (Å²) in [6.07, 6.45) is -1.78. The Morgan fingerprint density at radius 3 is 2.58 bits per heavy atom. The van der Waals surface area contributed by atoms with Crippen molar-refractivity contribution in [2.45, 2.75) is 70.1 Å². The molecule has 2 aromatic carbocycles. The number of fused-ring (bicyclic) bond motifs is 2. The molecule has 1 aliphatic carbocycles. The maximum absolute atomic E-state index is 14.4. The van der Waals surface area contributed by atoms with E-state index in [2.05, 4.69) is 11.1 Å². The van der Waals surface area contributed by atoms with Crippen molar-refractivity contribution in [1.82, 2.24) is 4.98 Å². The smallest absolute Gasteiger partial charge is 0.380 e. The van der Waals surface area contributed by atoms with Gasteiger partial charge in [0.2, 0.25) is 0 Å². The van der Waals surface area contributed by atoms with Crippen LogP contribution in [0.4, 0.5) is 13.2 Å². The monoisotopic (exact) mass is 427 g/mol. The minimum atomic E-state index is -4.75. The quantitative estimate of drug-likeness (QED) is 0.525. The lowest BCUT2D eigenvalue weighted by Gasteiger charge is -2.43. The number of hydrogen-bond acceptors (Lipinski definition) is 2. The van der Waals surface area contributed by atoms with Gasteiger partial charge in [0.05, 0.1) is 5.52 Å². The van der Waals surface area contributed by atoms with Crippen LogP contribution in [0.2, 0.25) is 0 Å². The van der Waals surface area contributed by atoms with Crippen LogP contribution in [-0.2, 0) is 18.3 Å². The third-order valence-corrected chi connectivity index (χ3v) is 6.86. The molecule has 1 heterocycles. The van der Waals surface area contributed by atoms with E-state index in [1.807, 2.05) is 26.8 Å². The SMILES string of the molecule is Cc1cc(C)c2c(c1)C(C)(CC(O)(Cc1ccnc3ccccc13)C(F)(F)F)CCC2. The summed E-state index contributed by atoms with van der Waals surface area (Å²) in [5, 5.41) is 11.8. The van der Waals surface area contributed by atoms with Crippen LogP contribution in [0.3, 0.4) is 0 Å². The van der Waals surface area contributed by atoms with E-state index in [-0.39, 0.29) is 6.42 Å². The van der Waals surface area contributed by atoms with Crippen molar-refractivity contribution in [2.24, 2.45) is 0 Å². The van der Waals surface area contributed by atoms with Gasteiger partial charge in [-0.3, -0.25) is 4.98 Å². The van der Waals surface area contributed by atoms with E-state index >= 15 is 0 Å². The predicted molar refractivity (Wildman–Crippen MR) is 117 cm³/mol.